The first-order valence-electron chi connectivity index (χ1n) is 6.79. The summed E-state index contributed by atoms with van der Waals surface area (Å²) in [5.41, 5.74) is 1.16. The number of nitrogens with zero attached hydrogens (tertiary/aromatic N) is 4. The molecule has 0 saturated carbocycles. The van der Waals surface area contributed by atoms with E-state index in [9.17, 15) is 20.2 Å². The minimum atomic E-state index is -0.524. The smallest absolute Gasteiger partial charge is 0.273 e. The molecule has 0 spiro atoms. The number of hydrogen-bond acceptors (Lipinski definition) is 7. The maximum atomic E-state index is 11.0. The highest BCUT2D eigenvalue weighted by Gasteiger charge is 2.17. The van der Waals surface area contributed by atoms with Crippen molar-refractivity contribution in [2.24, 2.45) is 0 Å². The van der Waals surface area contributed by atoms with Gasteiger partial charge in [-0.05, 0) is 19.1 Å². The third-order valence-corrected chi connectivity index (χ3v) is 3.38. The molecule has 0 aliphatic rings. The van der Waals surface area contributed by atoms with Crippen LogP contribution in [-0.4, -0.2) is 20.0 Å². The summed E-state index contributed by atoms with van der Waals surface area (Å²) in [4.78, 5) is 20.8. The van der Waals surface area contributed by atoms with E-state index >= 15 is 0 Å². The van der Waals surface area contributed by atoms with Gasteiger partial charge in [0.15, 0.2) is 0 Å². The van der Waals surface area contributed by atoms with Crippen molar-refractivity contribution in [2.75, 3.05) is 0 Å². The van der Waals surface area contributed by atoms with Gasteiger partial charge in [0, 0.05) is 34.9 Å². The van der Waals surface area contributed by atoms with Crippen LogP contribution in [0.5, 0.6) is 0 Å². The van der Waals surface area contributed by atoms with Gasteiger partial charge in [-0.2, -0.15) is 0 Å². The van der Waals surface area contributed by atoms with Crippen LogP contribution in [0.4, 0.5) is 11.4 Å². The molecular weight excluding hydrogens is 316 g/mol. The highest BCUT2D eigenvalue weighted by molar-refractivity contribution is 5.63. The van der Waals surface area contributed by atoms with Gasteiger partial charge >= 0.3 is 0 Å². The van der Waals surface area contributed by atoms with Crippen molar-refractivity contribution in [1.82, 2.24) is 10.2 Å². The number of nitro groups is 2. The summed E-state index contributed by atoms with van der Waals surface area (Å²) < 4.78 is 5.50. The molecule has 9 heteroatoms. The van der Waals surface area contributed by atoms with E-state index in [4.69, 9.17) is 4.42 Å². The standard InChI is InChI=1S/C15H10N4O5/c1-9-5-6-11(8-13(9)19(22)23)15-17-16-14(24-15)10-3-2-4-12(7-10)18(20)21/h2-8H,1H3. The Bertz CT molecular complexity index is 951. The van der Waals surface area contributed by atoms with Crippen molar-refractivity contribution < 1.29 is 14.3 Å². The van der Waals surface area contributed by atoms with Crippen molar-refractivity contribution in [3.8, 4) is 22.9 Å². The number of non-ortho nitro benzene ring substituents is 1. The van der Waals surface area contributed by atoms with Crippen LogP contribution in [0, 0.1) is 27.2 Å². The predicted molar refractivity (Wildman–Crippen MR) is 83.2 cm³/mol. The summed E-state index contributed by atoms with van der Waals surface area (Å²) >= 11 is 0. The first-order chi connectivity index (χ1) is 11.5. The Hall–Kier alpha value is -3.62. The number of benzene rings is 2. The zero-order valence-corrected chi connectivity index (χ0v) is 12.4. The molecule has 0 aliphatic carbocycles. The van der Waals surface area contributed by atoms with Gasteiger partial charge in [0.1, 0.15) is 0 Å². The number of hydrogen-bond donors (Lipinski definition) is 0. The van der Waals surface area contributed by atoms with Crippen LogP contribution in [0.25, 0.3) is 22.9 Å². The van der Waals surface area contributed by atoms with Crippen LogP contribution in [0.15, 0.2) is 46.9 Å². The van der Waals surface area contributed by atoms with E-state index in [0.29, 0.717) is 16.7 Å². The zero-order chi connectivity index (χ0) is 17.3. The van der Waals surface area contributed by atoms with E-state index in [1.807, 2.05) is 0 Å². The molecule has 9 nitrogen and oxygen atoms in total. The van der Waals surface area contributed by atoms with Gasteiger partial charge in [0.25, 0.3) is 11.4 Å². The molecule has 120 valence electrons. The summed E-state index contributed by atoms with van der Waals surface area (Å²) in [6, 6.07) is 10.3. The molecule has 0 fully saturated rings. The Kier molecular flexibility index (Phi) is 3.74. The lowest BCUT2D eigenvalue weighted by Crippen LogP contribution is -1.92. The summed E-state index contributed by atoms with van der Waals surface area (Å²) in [5.74, 6) is 0.191. The van der Waals surface area contributed by atoms with Gasteiger partial charge in [-0.15, -0.1) is 10.2 Å². The molecule has 0 atom stereocenters. The zero-order valence-electron chi connectivity index (χ0n) is 12.4. The summed E-state index contributed by atoms with van der Waals surface area (Å²) in [7, 11) is 0. The Balaban J connectivity index is 2.00. The van der Waals surface area contributed by atoms with Crippen LogP contribution in [0.1, 0.15) is 5.56 Å². The van der Waals surface area contributed by atoms with Gasteiger partial charge in [0.05, 0.1) is 9.85 Å². The second-order valence-electron chi connectivity index (χ2n) is 4.98. The van der Waals surface area contributed by atoms with E-state index in [1.165, 1.54) is 24.3 Å². The minimum Gasteiger partial charge on any atom is -0.416 e. The monoisotopic (exact) mass is 326 g/mol. The molecule has 1 heterocycles. The van der Waals surface area contributed by atoms with Crippen molar-refractivity contribution >= 4 is 11.4 Å². The molecule has 0 radical (unpaired) electrons. The lowest BCUT2D eigenvalue weighted by atomic mass is 10.1. The molecular formula is C15H10N4O5. The SMILES string of the molecule is Cc1ccc(-c2nnc(-c3cccc([N+](=O)[O-])c3)o2)cc1[N+](=O)[O-]. The van der Waals surface area contributed by atoms with Crippen LogP contribution < -0.4 is 0 Å². The molecule has 24 heavy (non-hydrogen) atoms. The third-order valence-electron chi connectivity index (χ3n) is 3.38. The van der Waals surface area contributed by atoms with Crippen LogP contribution in [0.3, 0.4) is 0 Å². The van der Waals surface area contributed by atoms with Crippen LogP contribution in [0.2, 0.25) is 0 Å². The van der Waals surface area contributed by atoms with Gasteiger partial charge in [-0.3, -0.25) is 20.2 Å². The molecule has 0 saturated heterocycles. The molecule has 3 rings (SSSR count). The summed E-state index contributed by atoms with van der Waals surface area (Å²) in [6.45, 7) is 1.63. The topological polar surface area (TPSA) is 125 Å². The Morgan fingerprint density at radius 3 is 2.21 bits per heavy atom. The molecule has 2 aromatic carbocycles. The summed E-state index contributed by atoms with van der Waals surface area (Å²) in [6.07, 6.45) is 0. The van der Waals surface area contributed by atoms with Crippen molar-refractivity contribution in [2.45, 2.75) is 6.92 Å². The molecule has 0 amide bonds. The molecule has 0 bridgehead atoms. The fourth-order valence-corrected chi connectivity index (χ4v) is 2.15. The highest BCUT2D eigenvalue weighted by Crippen LogP contribution is 2.29. The van der Waals surface area contributed by atoms with Crippen molar-refractivity contribution in [3.63, 3.8) is 0 Å². The number of nitro benzene ring substituents is 2. The van der Waals surface area contributed by atoms with Crippen LogP contribution >= 0.6 is 0 Å². The second-order valence-corrected chi connectivity index (χ2v) is 4.98. The number of aryl methyl sites for hydroxylation is 1. The molecule has 0 unspecified atom stereocenters. The van der Waals surface area contributed by atoms with Gasteiger partial charge < -0.3 is 4.42 Å². The fourth-order valence-electron chi connectivity index (χ4n) is 2.15. The average molecular weight is 326 g/mol. The van der Waals surface area contributed by atoms with Crippen molar-refractivity contribution in [1.29, 1.82) is 0 Å². The molecule has 3 aromatic rings. The lowest BCUT2D eigenvalue weighted by molar-refractivity contribution is -0.385. The van der Waals surface area contributed by atoms with Gasteiger partial charge in [0.2, 0.25) is 11.8 Å². The van der Waals surface area contributed by atoms with E-state index < -0.39 is 9.85 Å². The second kappa shape index (κ2) is 5.88. The first-order valence-corrected chi connectivity index (χ1v) is 6.79. The summed E-state index contributed by atoms with van der Waals surface area (Å²) in [5, 5.41) is 29.5. The fraction of sp³-hybridized carbons (Fsp3) is 0.0667. The first kappa shape index (κ1) is 15.3. The number of rotatable bonds is 4. The average Bonchev–Trinajstić information content (AvgIpc) is 3.05. The van der Waals surface area contributed by atoms with E-state index in [0.717, 1.165) is 0 Å². The number of aromatic nitrogens is 2. The maximum absolute atomic E-state index is 11.0. The highest BCUT2D eigenvalue weighted by atomic mass is 16.6. The Morgan fingerprint density at radius 1 is 0.917 bits per heavy atom. The van der Waals surface area contributed by atoms with E-state index in [1.54, 1.807) is 25.1 Å². The van der Waals surface area contributed by atoms with Gasteiger partial charge in [-0.25, -0.2) is 0 Å². The lowest BCUT2D eigenvalue weighted by Gasteiger charge is -1.99. The molecule has 0 aliphatic heterocycles. The van der Waals surface area contributed by atoms with Crippen LogP contribution in [-0.2, 0) is 0 Å². The van der Waals surface area contributed by atoms with Crippen molar-refractivity contribution in [3.05, 3.63) is 68.3 Å². The van der Waals surface area contributed by atoms with E-state index in [-0.39, 0.29) is 23.2 Å². The van der Waals surface area contributed by atoms with Gasteiger partial charge in [-0.1, -0.05) is 12.1 Å². The normalized spacial score (nSPS) is 10.5. The molecule has 0 N–H and O–H groups in total. The predicted octanol–water partition coefficient (Wildman–Crippen LogP) is 3.53. The Morgan fingerprint density at radius 2 is 1.58 bits per heavy atom. The molecule has 1 aromatic heterocycles. The quantitative estimate of drug-likeness (QED) is 0.530. The van der Waals surface area contributed by atoms with E-state index in [2.05, 4.69) is 10.2 Å². The maximum Gasteiger partial charge on any atom is 0.273 e. The minimum absolute atomic E-state index is 0.0531. The third kappa shape index (κ3) is 2.82. The largest absolute Gasteiger partial charge is 0.416 e. The Labute approximate surface area is 134 Å².